The standard InChI is InChI=1S/C23H30N4O4S/c1-16(2)24-23(29)26(11-12-30-3)15-22(28)27-20(17-7-9-18(31-4)10-8-17)14-19(25-27)21-6-5-13-32-21/h5-10,13,16,20H,11-12,14-15H2,1-4H3,(H,24,29). The van der Waals surface area contributed by atoms with Gasteiger partial charge >= 0.3 is 6.03 Å². The first-order valence-corrected chi connectivity index (χ1v) is 11.4. The number of benzene rings is 1. The fourth-order valence-corrected chi connectivity index (χ4v) is 4.17. The third-order valence-corrected chi connectivity index (χ3v) is 5.98. The lowest BCUT2D eigenvalue weighted by Crippen LogP contribution is -2.48. The molecule has 0 aliphatic carbocycles. The normalized spacial score (nSPS) is 15.6. The van der Waals surface area contributed by atoms with Crippen molar-refractivity contribution >= 4 is 29.0 Å². The second-order valence-corrected chi connectivity index (χ2v) is 8.72. The van der Waals surface area contributed by atoms with Gasteiger partial charge in [0.25, 0.3) is 5.91 Å². The maximum atomic E-state index is 13.4. The van der Waals surface area contributed by atoms with Gasteiger partial charge in [-0.3, -0.25) is 4.79 Å². The van der Waals surface area contributed by atoms with Crippen LogP contribution in [0.25, 0.3) is 0 Å². The number of nitrogens with one attached hydrogen (secondary N) is 1. The van der Waals surface area contributed by atoms with Gasteiger partial charge in [0, 0.05) is 26.1 Å². The molecule has 3 rings (SSSR count). The summed E-state index contributed by atoms with van der Waals surface area (Å²) in [5.74, 6) is 0.507. The van der Waals surface area contributed by atoms with Gasteiger partial charge in [0.2, 0.25) is 0 Å². The van der Waals surface area contributed by atoms with E-state index in [0.717, 1.165) is 21.9 Å². The monoisotopic (exact) mass is 458 g/mol. The van der Waals surface area contributed by atoms with Crippen molar-refractivity contribution < 1.29 is 19.1 Å². The van der Waals surface area contributed by atoms with Gasteiger partial charge in [-0.1, -0.05) is 18.2 Å². The zero-order valence-corrected chi connectivity index (χ0v) is 19.7. The molecule has 0 saturated heterocycles. The summed E-state index contributed by atoms with van der Waals surface area (Å²) >= 11 is 1.59. The molecule has 2 heterocycles. The maximum Gasteiger partial charge on any atom is 0.318 e. The molecule has 1 unspecified atom stereocenters. The number of rotatable bonds is 9. The SMILES string of the molecule is COCCN(CC(=O)N1N=C(c2cccs2)CC1c1ccc(OC)cc1)C(=O)NC(C)C. The fraction of sp³-hybridized carbons (Fsp3) is 0.435. The molecule has 2 aromatic rings. The molecule has 1 N–H and O–H groups in total. The molecule has 8 nitrogen and oxygen atoms in total. The Kier molecular flexibility index (Phi) is 8.24. The summed E-state index contributed by atoms with van der Waals surface area (Å²) in [6.07, 6.45) is 0.606. The third-order valence-electron chi connectivity index (χ3n) is 5.06. The zero-order valence-electron chi connectivity index (χ0n) is 18.9. The van der Waals surface area contributed by atoms with Crippen LogP contribution < -0.4 is 10.1 Å². The van der Waals surface area contributed by atoms with Gasteiger partial charge < -0.3 is 19.7 Å². The molecule has 0 spiro atoms. The summed E-state index contributed by atoms with van der Waals surface area (Å²) in [5.41, 5.74) is 1.83. The van der Waals surface area contributed by atoms with Crippen LogP contribution in [0.1, 0.15) is 36.8 Å². The molecule has 1 aromatic heterocycles. The molecule has 0 bridgehead atoms. The van der Waals surface area contributed by atoms with Crippen LogP contribution in [0, 0.1) is 0 Å². The van der Waals surface area contributed by atoms with Crippen molar-refractivity contribution in [2.24, 2.45) is 5.10 Å². The first-order valence-electron chi connectivity index (χ1n) is 10.5. The second kappa shape index (κ2) is 11.1. The molecule has 0 fully saturated rings. The van der Waals surface area contributed by atoms with Crippen LogP contribution >= 0.6 is 11.3 Å². The van der Waals surface area contributed by atoms with Crippen molar-refractivity contribution in [2.45, 2.75) is 32.4 Å². The molecule has 1 aromatic carbocycles. The lowest BCUT2D eigenvalue weighted by molar-refractivity contribution is -0.133. The minimum absolute atomic E-state index is 0.0371. The quantitative estimate of drug-likeness (QED) is 0.623. The number of nitrogens with zero attached hydrogens (tertiary/aromatic N) is 3. The highest BCUT2D eigenvalue weighted by Crippen LogP contribution is 2.34. The van der Waals surface area contributed by atoms with Crippen LogP contribution in [0.2, 0.25) is 0 Å². The molecular formula is C23H30N4O4S. The number of urea groups is 1. The van der Waals surface area contributed by atoms with Crippen molar-refractivity contribution in [1.82, 2.24) is 15.2 Å². The van der Waals surface area contributed by atoms with E-state index in [-0.39, 0.29) is 30.6 Å². The average molecular weight is 459 g/mol. The molecule has 0 saturated carbocycles. The fourth-order valence-electron chi connectivity index (χ4n) is 3.45. The lowest BCUT2D eigenvalue weighted by atomic mass is 10.0. The van der Waals surface area contributed by atoms with Crippen molar-refractivity contribution in [3.8, 4) is 5.75 Å². The number of thiophene rings is 1. The molecule has 0 radical (unpaired) electrons. The van der Waals surface area contributed by atoms with E-state index < -0.39 is 0 Å². The van der Waals surface area contributed by atoms with Crippen molar-refractivity contribution in [3.05, 3.63) is 52.2 Å². The molecule has 172 valence electrons. The second-order valence-electron chi connectivity index (χ2n) is 7.77. The van der Waals surface area contributed by atoms with Crippen LogP contribution in [-0.4, -0.2) is 67.5 Å². The first kappa shape index (κ1) is 23.7. The van der Waals surface area contributed by atoms with Gasteiger partial charge in [-0.15, -0.1) is 11.3 Å². The molecule has 1 aliphatic heterocycles. The summed E-state index contributed by atoms with van der Waals surface area (Å²) in [6, 6.07) is 11.0. The Morgan fingerprint density at radius 2 is 2.00 bits per heavy atom. The smallest absolute Gasteiger partial charge is 0.318 e. The highest BCUT2D eigenvalue weighted by atomic mass is 32.1. The predicted molar refractivity (Wildman–Crippen MR) is 125 cm³/mol. The Balaban J connectivity index is 1.84. The summed E-state index contributed by atoms with van der Waals surface area (Å²) in [4.78, 5) is 28.5. The van der Waals surface area contributed by atoms with E-state index >= 15 is 0 Å². The van der Waals surface area contributed by atoms with Crippen LogP contribution in [0.4, 0.5) is 4.79 Å². The lowest BCUT2D eigenvalue weighted by Gasteiger charge is -2.27. The number of ether oxygens (including phenoxy) is 2. The first-order chi connectivity index (χ1) is 15.4. The molecule has 9 heteroatoms. The van der Waals surface area contributed by atoms with E-state index in [1.165, 1.54) is 9.91 Å². The van der Waals surface area contributed by atoms with Gasteiger partial charge in [-0.25, -0.2) is 9.80 Å². The Labute approximate surface area is 192 Å². The summed E-state index contributed by atoms with van der Waals surface area (Å²) < 4.78 is 10.4. The topological polar surface area (TPSA) is 83.5 Å². The van der Waals surface area contributed by atoms with Gasteiger partial charge in [-0.2, -0.15) is 5.10 Å². The van der Waals surface area contributed by atoms with Crippen molar-refractivity contribution in [2.75, 3.05) is 33.9 Å². The summed E-state index contributed by atoms with van der Waals surface area (Å²) in [5, 5.41) is 11.0. The van der Waals surface area contributed by atoms with E-state index in [9.17, 15) is 9.59 Å². The number of amides is 3. The number of hydrogen-bond acceptors (Lipinski definition) is 6. The van der Waals surface area contributed by atoms with E-state index in [2.05, 4.69) is 10.4 Å². The van der Waals surface area contributed by atoms with Crippen molar-refractivity contribution in [1.29, 1.82) is 0 Å². The number of carbonyl (C=O) groups excluding carboxylic acids is 2. The maximum absolute atomic E-state index is 13.4. The van der Waals surface area contributed by atoms with Gasteiger partial charge in [0.15, 0.2) is 0 Å². The van der Waals surface area contributed by atoms with E-state index in [1.807, 2.05) is 55.6 Å². The number of hydrogen-bond donors (Lipinski definition) is 1. The Morgan fingerprint density at radius 3 is 2.59 bits per heavy atom. The molecule has 32 heavy (non-hydrogen) atoms. The van der Waals surface area contributed by atoms with E-state index in [1.54, 1.807) is 25.6 Å². The number of methoxy groups -OCH3 is 2. The number of carbonyl (C=O) groups is 2. The molecule has 3 amide bonds. The van der Waals surface area contributed by atoms with E-state index in [4.69, 9.17) is 9.47 Å². The molecule has 1 atom stereocenters. The largest absolute Gasteiger partial charge is 0.497 e. The molecule has 1 aliphatic rings. The van der Waals surface area contributed by atoms with Crippen LogP contribution in [0.5, 0.6) is 5.75 Å². The summed E-state index contributed by atoms with van der Waals surface area (Å²) in [6.45, 7) is 4.32. The van der Waals surface area contributed by atoms with Crippen LogP contribution in [0.15, 0.2) is 46.9 Å². The average Bonchev–Trinajstić information content (AvgIpc) is 3.46. The van der Waals surface area contributed by atoms with Crippen LogP contribution in [0.3, 0.4) is 0 Å². The Bertz CT molecular complexity index is 928. The van der Waals surface area contributed by atoms with E-state index in [0.29, 0.717) is 19.6 Å². The van der Waals surface area contributed by atoms with Crippen LogP contribution in [-0.2, 0) is 9.53 Å². The highest BCUT2D eigenvalue weighted by molar-refractivity contribution is 7.12. The minimum atomic E-state index is -0.298. The summed E-state index contributed by atoms with van der Waals surface area (Å²) in [7, 11) is 3.19. The Hall–Kier alpha value is -2.91. The van der Waals surface area contributed by atoms with Crippen molar-refractivity contribution in [3.63, 3.8) is 0 Å². The van der Waals surface area contributed by atoms with Gasteiger partial charge in [0.1, 0.15) is 12.3 Å². The third kappa shape index (κ3) is 5.86. The van der Waals surface area contributed by atoms with Gasteiger partial charge in [-0.05, 0) is 43.0 Å². The molecular weight excluding hydrogens is 428 g/mol. The minimum Gasteiger partial charge on any atom is -0.497 e. The number of hydrazone groups is 1. The highest BCUT2D eigenvalue weighted by Gasteiger charge is 2.34. The van der Waals surface area contributed by atoms with Gasteiger partial charge in [0.05, 0.1) is 30.3 Å². The Morgan fingerprint density at radius 1 is 1.25 bits per heavy atom. The zero-order chi connectivity index (χ0) is 23.1. The predicted octanol–water partition coefficient (Wildman–Crippen LogP) is 3.50.